The van der Waals surface area contributed by atoms with Crippen LogP contribution in [0.4, 0.5) is 0 Å². The topological polar surface area (TPSA) is 69.7 Å². The second-order valence-electron chi connectivity index (χ2n) is 7.39. The molecule has 1 unspecified atom stereocenters. The molecule has 6 nitrogen and oxygen atoms in total. The first-order chi connectivity index (χ1) is 14.6. The Morgan fingerprint density at radius 3 is 2.77 bits per heavy atom. The molecule has 1 amide bonds. The monoisotopic (exact) mass is 424 g/mol. The molecule has 3 aromatic rings. The zero-order chi connectivity index (χ0) is 20.9. The molecule has 0 radical (unpaired) electrons. The summed E-state index contributed by atoms with van der Waals surface area (Å²) in [7, 11) is 0. The van der Waals surface area contributed by atoms with Crippen molar-refractivity contribution in [2.45, 2.75) is 26.5 Å². The summed E-state index contributed by atoms with van der Waals surface area (Å²) in [6.07, 6.45) is 0. The minimum Gasteiger partial charge on any atom is -0.487 e. The van der Waals surface area contributed by atoms with Crippen molar-refractivity contribution < 1.29 is 19.0 Å². The van der Waals surface area contributed by atoms with Crippen LogP contribution in [0.3, 0.4) is 0 Å². The van der Waals surface area contributed by atoms with E-state index < -0.39 is 0 Å². The second-order valence-corrected chi connectivity index (χ2v) is 8.11. The highest BCUT2D eigenvalue weighted by atomic mass is 32.1. The lowest BCUT2D eigenvalue weighted by Crippen LogP contribution is -2.32. The van der Waals surface area contributed by atoms with Crippen LogP contribution in [0.5, 0.6) is 17.2 Å². The highest BCUT2D eigenvalue weighted by Crippen LogP contribution is 2.34. The number of nitrogens with zero attached hydrogens (tertiary/aromatic N) is 1. The van der Waals surface area contributed by atoms with Crippen molar-refractivity contribution in [2.75, 3.05) is 13.2 Å². The van der Waals surface area contributed by atoms with Crippen LogP contribution in [0.15, 0.2) is 53.4 Å². The highest BCUT2D eigenvalue weighted by Gasteiger charge is 2.22. The minimum absolute atomic E-state index is 0.150. The van der Waals surface area contributed by atoms with E-state index in [1.165, 1.54) is 11.3 Å². The maximum atomic E-state index is 13.0. The van der Waals surface area contributed by atoms with Gasteiger partial charge in [-0.2, -0.15) is 0 Å². The van der Waals surface area contributed by atoms with Gasteiger partial charge in [0, 0.05) is 10.9 Å². The Morgan fingerprint density at radius 2 is 2.00 bits per heavy atom. The Kier molecular flexibility index (Phi) is 6.18. The van der Waals surface area contributed by atoms with Crippen LogP contribution in [0, 0.1) is 5.92 Å². The predicted octanol–water partition coefficient (Wildman–Crippen LogP) is 4.62. The zero-order valence-electron chi connectivity index (χ0n) is 17.0. The number of hydrogen-bond donors (Lipinski definition) is 1. The van der Waals surface area contributed by atoms with Gasteiger partial charge in [0.1, 0.15) is 25.6 Å². The van der Waals surface area contributed by atoms with Gasteiger partial charge in [-0.15, -0.1) is 11.3 Å². The fourth-order valence-corrected chi connectivity index (χ4v) is 3.85. The van der Waals surface area contributed by atoms with Gasteiger partial charge in [0.15, 0.2) is 11.5 Å². The molecule has 0 aliphatic carbocycles. The quantitative estimate of drug-likeness (QED) is 0.599. The molecule has 0 spiro atoms. The molecule has 0 saturated carbocycles. The first-order valence-corrected chi connectivity index (χ1v) is 10.8. The van der Waals surface area contributed by atoms with Crippen molar-refractivity contribution in [2.24, 2.45) is 5.92 Å². The lowest BCUT2D eigenvalue weighted by atomic mass is 9.95. The first-order valence-electron chi connectivity index (χ1n) is 9.90. The van der Waals surface area contributed by atoms with Crippen molar-refractivity contribution in [3.63, 3.8) is 0 Å². The van der Waals surface area contributed by atoms with Crippen LogP contribution in [0.2, 0.25) is 0 Å². The normalized spacial score (nSPS) is 13.7. The standard InChI is InChI=1S/C23H24N2O4S/c1-15(2)22(16-6-7-20-21(11-16)28-9-8-27-20)25-23(26)17-4-3-5-19(10-17)29-12-18-13-30-14-24-18/h3-7,10-11,13-15,22H,8-9,12H2,1-2H3,(H,25,26). The zero-order valence-corrected chi connectivity index (χ0v) is 17.8. The Labute approximate surface area is 179 Å². The molecule has 1 aliphatic rings. The summed E-state index contributed by atoms with van der Waals surface area (Å²) in [6, 6.07) is 12.9. The molecule has 4 rings (SSSR count). The third-order valence-electron chi connectivity index (χ3n) is 4.85. The fraction of sp³-hybridized carbons (Fsp3) is 0.304. The number of rotatable bonds is 7. The summed E-state index contributed by atoms with van der Waals surface area (Å²) in [4.78, 5) is 17.2. The van der Waals surface area contributed by atoms with E-state index >= 15 is 0 Å². The van der Waals surface area contributed by atoms with Crippen LogP contribution < -0.4 is 19.5 Å². The Morgan fingerprint density at radius 1 is 1.17 bits per heavy atom. The maximum absolute atomic E-state index is 13.0. The number of ether oxygens (including phenoxy) is 3. The lowest BCUT2D eigenvalue weighted by Gasteiger charge is -2.25. The average Bonchev–Trinajstić information content (AvgIpc) is 3.29. The van der Waals surface area contributed by atoms with Gasteiger partial charge in [-0.1, -0.05) is 26.0 Å². The summed E-state index contributed by atoms with van der Waals surface area (Å²) in [5.41, 5.74) is 4.17. The molecule has 30 heavy (non-hydrogen) atoms. The van der Waals surface area contributed by atoms with Gasteiger partial charge < -0.3 is 19.5 Å². The molecule has 1 atom stereocenters. The molecule has 2 heterocycles. The number of nitrogens with one attached hydrogen (secondary N) is 1. The van der Waals surface area contributed by atoms with Crippen LogP contribution >= 0.6 is 11.3 Å². The van der Waals surface area contributed by atoms with Crippen molar-refractivity contribution in [3.8, 4) is 17.2 Å². The van der Waals surface area contributed by atoms with Crippen LogP contribution in [0.1, 0.15) is 41.5 Å². The third-order valence-corrected chi connectivity index (χ3v) is 5.48. The molecular weight excluding hydrogens is 400 g/mol. The third kappa shape index (κ3) is 4.74. The van der Waals surface area contributed by atoms with E-state index in [2.05, 4.69) is 24.1 Å². The lowest BCUT2D eigenvalue weighted by molar-refractivity contribution is 0.0925. The summed E-state index contributed by atoms with van der Waals surface area (Å²) in [5, 5.41) is 5.09. The number of aromatic nitrogens is 1. The SMILES string of the molecule is CC(C)C(NC(=O)c1cccc(OCc2cscn2)c1)c1ccc2c(c1)OCCO2. The molecule has 1 aliphatic heterocycles. The summed E-state index contributed by atoms with van der Waals surface area (Å²) in [5.74, 6) is 2.14. The number of hydrogen-bond acceptors (Lipinski definition) is 6. The summed E-state index contributed by atoms with van der Waals surface area (Å²) in [6.45, 7) is 5.62. The van der Waals surface area contributed by atoms with E-state index in [0.717, 1.165) is 22.8 Å². The fourth-order valence-electron chi connectivity index (χ4n) is 3.31. The molecule has 2 aromatic carbocycles. The van der Waals surface area contributed by atoms with Gasteiger partial charge in [0.05, 0.1) is 17.2 Å². The van der Waals surface area contributed by atoms with E-state index in [4.69, 9.17) is 14.2 Å². The van der Waals surface area contributed by atoms with Crippen molar-refractivity contribution >= 4 is 17.2 Å². The number of benzene rings is 2. The average molecular weight is 425 g/mol. The van der Waals surface area contributed by atoms with Gasteiger partial charge >= 0.3 is 0 Å². The number of carbonyl (C=O) groups excluding carboxylic acids is 1. The first kappa shape index (κ1) is 20.2. The van der Waals surface area contributed by atoms with Gasteiger partial charge in [-0.25, -0.2) is 4.98 Å². The summed E-state index contributed by atoms with van der Waals surface area (Å²) >= 11 is 1.53. The van der Waals surface area contributed by atoms with E-state index in [-0.39, 0.29) is 17.9 Å². The van der Waals surface area contributed by atoms with Crippen molar-refractivity contribution in [3.05, 3.63) is 70.2 Å². The van der Waals surface area contributed by atoms with E-state index in [1.807, 2.05) is 35.7 Å². The molecule has 7 heteroatoms. The number of thiazole rings is 1. The Hall–Kier alpha value is -3.06. The molecule has 1 aromatic heterocycles. The second kappa shape index (κ2) is 9.17. The van der Waals surface area contributed by atoms with Crippen LogP contribution in [-0.4, -0.2) is 24.1 Å². The van der Waals surface area contributed by atoms with Gasteiger partial charge in [0.25, 0.3) is 5.91 Å². The molecule has 0 bridgehead atoms. The smallest absolute Gasteiger partial charge is 0.251 e. The summed E-state index contributed by atoms with van der Waals surface area (Å²) < 4.78 is 17.1. The van der Waals surface area contributed by atoms with Gasteiger partial charge in [-0.05, 0) is 41.8 Å². The van der Waals surface area contributed by atoms with E-state index in [0.29, 0.717) is 31.1 Å². The molecule has 156 valence electrons. The molecular formula is C23H24N2O4S. The van der Waals surface area contributed by atoms with Gasteiger partial charge in [0.2, 0.25) is 0 Å². The van der Waals surface area contributed by atoms with Gasteiger partial charge in [-0.3, -0.25) is 4.79 Å². The Bertz CT molecular complexity index is 1000. The maximum Gasteiger partial charge on any atom is 0.251 e. The number of carbonyl (C=O) groups is 1. The van der Waals surface area contributed by atoms with Crippen molar-refractivity contribution in [1.29, 1.82) is 0 Å². The molecule has 0 saturated heterocycles. The Balaban J connectivity index is 1.47. The van der Waals surface area contributed by atoms with E-state index in [9.17, 15) is 4.79 Å². The minimum atomic E-state index is -0.159. The van der Waals surface area contributed by atoms with Crippen LogP contribution in [0.25, 0.3) is 0 Å². The van der Waals surface area contributed by atoms with Crippen molar-refractivity contribution in [1.82, 2.24) is 10.3 Å². The molecule has 1 N–H and O–H groups in total. The molecule has 0 fully saturated rings. The largest absolute Gasteiger partial charge is 0.487 e. The highest BCUT2D eigenvalue weighted by molar-refractivity contribution is 7.07. The predicted molar refractivity (Wildman–Crippen MR) is 115 cm³/mol. The van der Waals surface area contributed by atoms with E-state index in [1.54, 1.807) is 17.6 Å². The number of fused-ring (bicyclic) bond motifs is 1. The number of amides is 1. The van der Waals surface area contributed by atoms with Crippen LogP contribution in [-0.2, 0) is 6.61 Å².